The van der Waals surface area contributed by atoms with Gasteiger partial charge >= 0.3 is 0 Å². The summed E-state index contributed by atoms with van der Waals surface area (Å²) in [6, 6.07) is 0.625. The number of nitrogens with one attached hydrogen (secondary N) is 1. The Kier molecular flexibility index (Phi) is 2.56. The molecule has 0 amide bonds. The highest BCUT2D eigenvalue weighted by molar-refractivity contribution is 5.80. The number of hydrogen-bond donors (Lipinski definition) is 1. The molecule has 2 heteroatoms. The third kappa shape index (κ3) is 2.23. The van der Waals surface area contributed by atoms with Crippen molar-refractivity contribution in [3.63, 3.8) is 0 Å². The van der Waals surface area contributed by atoms with E-state index in [0.29, 0.717) is 6.04 Å². The van der Waals surface area contributed by atoms with Crippen molar-refractivity contribution in [1.29, 1.82) is 5.41 Å². The van der Waals surface area contributed by atoms with E-state index in [1.807, 2.05) is 0 Å². The minimum absolute atomic E-state index is 0.625. The predicted molar refractivity (Wildman–Crippen MR) is 55.1 cm³/mol. The summed E-state index contributed by atoms with van der Waals surface area (Å²) in [6.07, 6.45) is 7.72. The van der Waals surface area contributed by atoms with Crippen LogP contribution in [0.25, 0.3) is 0 Å². The van der Waals surface area contributed by atoms with Gasteiger partial charge in [-0.25, -0.2) is 0 Å². The van der Waals surface area contributed by atoms with E-state index in [1.54, 1.807) is 0 Å². The van der Waals surface area contributed by atoms with Gasteiger partial charge in [0.15, 0.2) is 0 Å². The highest BCUT2D eigenvalue weighted by atomic mass is 15.2. The van der Waals surface area contributed by atoms with Gasteiger partial charge in [0.2, 0.25) is 0 Å². The molecule has 2 nitrogen and oxygen atoms in total. The summed E-state index contributed by atoms with van der Waals surface area (Å²) in [4.78, 5) is 2.32. The van der Waals surface area contributed by atoms with E-state index in [1.165, 1.54) is 32.1 Å². The summed E-state index contributed by atoms with van der Waals surface area (Å²) < 4.78 is 0. The molecule has 74 valence electrons. The van der Waals surface area contributed by atoms with Crippen LogP contribution in [0.2, 0.25) is 0 Å². The number of amidine groups is 1. The first-order chi connectivity index (χ1) is 6.27. The quantitative estimate of drug-likeness (QED) is 0.710. The van der Waals surface area contributed by atoms with Gasteiger partial charge in [-0.3, -0.25) is 5.41 Å². The second kappa shape index (κ2) is 3.69. The standard InChI is InChI=1S/C11H20N2/c1-9(8-10-5-6-10)13-7-3-2-4-11(13)12/h9-10,12H,2-8H2,1H3. The molecule has 0 bridgehead atoms. The predicted octanol–water partition coefficient (Wildman–Crippen LogP) is 2.64. The molecule has 1 saturated heterocycles. The van der Waals surface area contributed by atoms with Crippen molar-refractivity contribution in [2.45, 2.75) is 51.5 Å². The Hall–Kier alpha value is -0.530. The van der Waals surface area contributed by atoms with Gasteiger partial charge in [-0.05, 0) is 32.1 Å². The fourth-order valence-electron chi connectivity index (χ4n) is 2.30. The summed E-state index contributed by atoms with van der Waals surface area (Å²) in [6.45, 7) is 3.42. The molecule has 1 unspecified atom stereocenters. The number of likely N-dealkylation sites (tertiary alicyclic amines) is 1. The lowest BCUT2D eigenvalue weighted by molar-refractivity contribution is 0.274. The Morgan fingerprint density at radius 1 is 1.46 bits per heavy atom. The summed E-state index contributed by atoms with van der Waals surface area (Å²) in [5.74, 6) is 1.88. The molecule has 1 saturated carbocycles. The summed E-state index contributed by atoms with van der Waals surface area (Å²) >= 11 is 0. The van der Waals surface area contributed by atoms with Crippen molar-refractivity contribution in [3.05, 3.63) is 0 Å². The number of rotatable bonds is 3. The Labute approximate surface area is 80.8 Å². The molecule has 1 aliphatic heterocycles. The Balaban J connectivity index is 1.84. The first kappa shape index (κ1) is 9.04. The smallest absolute Gasteiger partial charge is 0.0960 e. The monoisotopic (exact) mass is 180 g/mol. The molecule has 2 aliphatic rings. The van der Waals surface area contributed by atoms with Crippen LogP contribution in [0.15, 0.2) is 0 Å². The molecule has 1 N–H and O–H groups in total. The van der Waals surface area contributed by atoms with E-state index in [0.717, 1.165) is 24.7 Å². The molecule has 0 aromatic heterocycles. The lowest BCUT2D eigenvalue weighted by atomic mass is 10.0. The maximum atomic E-state index is 7.87. The largest absolute Gasteiger partial charge is 0.358 e. The zero-order valence-electron chi connectivity index (χ0n) is 8.55. The van der Waals surface area contributed by atoms with E-state index in [2.05, 4.69) is 11.8 Å². The van der Waals surface area contributed by atoms with Gasteiger partial charge in [-0.2, -0.15) is 0 Å². The topological polar surface area (TPSA) is 27.1 Å². The molecule has 0 spiro atoms. The molecule has 1 atom stereocenters. The van der Waals surface area contributed by atoms with E-state index in [-0.39, 0.29) is 0 Å². The fraction of sp³-hybridized carbons (Fsp3) is 0.909. The van der Waals surface area contributed by atoms with Crippen LogP contribution in [0.5, 0.6) is 0 Å². The van der Waals surface area contributed by atoms with Gasteiger partial charge in [0.25, 0.3) is 0 Å². The van der Waals surface area contributed by atoms with Crippen LogP contribution in [-0.2, 0) is 0 Å². The van der Waals surface area contributed by atoms with Crippen molar-refractivity contribution in [3.8, 4) is 0 Å². The molecule has 1 heterocycles. The van der Waals surface area contributed by atoms with E-state index >= 15 is 0 Å². The van der Waals surface area contributed by atoms with Crippen LogP contribution in [-0.4, -0.2) is 23.3 Å². The second-order valence-corrected chi connectivity index (χ2v) is 4.63. The molecular weight excluding hydrogens is 160 g/mol. The van der Waals surface area contributed by atoms with Gasteiger partial charge in [-0.15, -0.1) is 0 Å². The van der Waals surface area contributed by atoms with Gasteiger partial charge in [0.05, 0.1) is 5.84 Å². The van der Waals surface area contributed by atoms with Crippen LogP contribution >= 0.6 is 0 Å². The molecule has 2 fully saturated rings. The van der Waals surface area contributed by atoms with E-state index in [9.17, 15) is 0 Å². The van der Waals surface area contributed by atoms with Crippen molar-refractivity contribution in [1.82, 2.24) is 4.90 Å². The van der Waals surface area contributed by atoms with Gasteiger partial charge < -0.3 is 4.90 Å². The van der Waals surface area contributed by atoms with Gasteiger partial charge in [0.1, 0.15) is 0 Å². The molecule has 0 aromatic rings. The average Bonchev–Trinajstić information content (AvgIpc) is 2.89. The van der Waals surface area contributed by atoms with Crippen molar-refractivity contribution in [2.75, 3.05) is 6.54 Å². The maximum Gasteiger partial charge on any atom is 0.0960 e. The van der Waals surface area contributed by atoms with Gasteiger partial charge in [0, 0.05) is 19.0 Å². The summed E-state index contributed by atoms with van der Waals surface area (Å²) in [5.41, 5.74) is 0. The molecule has 0 aromatic carbocycles. The Bertz CT molecular complexity index is 196. The van der Waals surface area contributed by atoms with Crippen LogP contribution < -0.4 is 0 Å². The Morgan fingerprint density at radius 3 is 2.85 bits per heavy atom. The van der Waals surface area contributed by atoms with Crippen molar-refractivity contribution >= 4 is 5.84 Å². The zero-order chi connectivity index (χ0) is 9.26. The number of hydrogen-bond acceptors (Lipinski definition) is 1. The number of nitrogens with zero attached hydrogens (tertiary/aromatic N) is 1. The minimum Gasteiger partial charge on any atom is -0.358 e. The normalized spacial score (nSPS) is 26.2. The molecule has 1 aliphatic carbocycles. The van der Waals surface area contributed by atoms with Gasteiger partial charge in [-0.1, -0.05) is 12.8 Å². The minimum atomic E-state index is 0.625. The number of piperidine rings is 1. The fourth-order valence-corrected chi connectivity index (χ4v) is 2.30. The van der Waals surface area contributed by atoms with E-state index < -0.39 is 0 Å². The lowest BCUT2D eigenvalue weighted by Crippen LogP contribution is -2.41. The van der Waals surface area contributed by atoms with Crippen molar-refractivity contribution < 1.29 is 0 Å². The summed E-state index contributed by atoms with van der Waals surface area (Å²) in [5, 5.41) is 7.87. The van der Waals surface area contributed by atoms with Crippen LogP contribution in [0.1, 0.15) is 45.4 Å². The molecular formula is C11H20N2. The molecule has 2 rings (SSSR count). The Morgan fingerprint density at radius 2 is 2.23 bits per heavy atom. The first-order valence-electron chi connectivity index (χ1n) is 5.61. The highest BCUT2D eigenvalue weighted by Gasteiger charge is 2.28. The third-order valence-electron chi connectivity index (χ3n) is 3.31. The van der Waals surface area contributed by atoms with E-state index in [4.69, 9.17) is 5.41 Å². The lowest BCUT2D eigenvalue weighted by Gasteiger charge is -2.35. The highest BCUT2D eigenvalue weighted by Crippen LogP contribution is 2.35. The van der Waals surface area contributed by atoms with Crippen LogP contribution in [0, 0.1) is 11.3 Å². The summed E-state index contributed by atoms with van der Waals surface area (Å²) in [7, 11) is 0. The van der Waals surface area contributed by atoms with Crippen LogP contribution in [0.3, 0.4) is 0 Å². The zero-order valence-corrected chi connectivity index (χ0v) is 8.55. The maximum absolute atomic E-state index is 7.87. The molecule has 0 radical (unpaired) electrons. The molecule has 13 heavy (non-hydrogen) atoms. The van der Waals surface area contributed by atoms with Crippen LogP contribution in [0.4, 0.5) is 0 Å². The van der Waals surface area contributed by atoms with Crippen molar-refractivity contribution in [2.24, 2.45) is 5.92 Å². The SMILES string of the molecule is CC(CC1CC1)N1CCCCC1=N. The second-order valence-electron chi connectivity index (χ2n) is 4.63. The average molecular weight is 180 g/mol. The first-order valence-corrected chi connectivity index (χ1v) is 5.61. The third-order valence-corrected chi connectivity index (χ3v) is 3.31.